The maximum Gasteiger partial charge on any atom is 0.123 e. The van der Waals surface area contributed by atoms with E-state index in [1.165, 1.54) is 23.1 Å². The highest BCUT2D eigenvalue weighted by Crippen LogP contribution is 2.39. The van der Waals surface area contributed by atoms with Gasteiger partial charge in [0.1, 0.15) is 11.5 Å². The van der Waals surface area contributed by atoms with Crippen molar-refractivity contribution in [3.63, 3.8) is 0 Å². The fraction of sp³-hybridized carbons (Fsp3) is 0.400. The van der Waals surface area contributed by atoms with Crippen LogP contribution in [0.4, 0.5) is 0 Å². The fourth-order valence-electron chi connectivity index (χ4n) is 3.40. The average Bonchev–Trinajstić information content (AvgIpc) is 3.04. The number of hydrogen-bond donors (Lipinski definition) is 0. The molecule has 0 radical (unpaired) electrons. The van der Waals surface area contributed by atoms with Gasteiger partial charge in [-0.15, -0.1) is 0 Å². The highest BCUT2D eigenvalue weighted by atomic mass is 16.5. The van der Waals surface area contributed by atoms with E-state index < -0.39 is 0 Å². The van der Waals surface area contributed by atoms with Gasteiger partial charge in [0.25, 0.3) is 0 Å². The Hall–Kier alpha value is -2.00. The first-order valence-electron chi connectivity index (χ1n) is 8.23. The van der Waals surface area contributed by atoms with Crippen LogP contribution in [0.2, 0.25) is 0 Å². The van der Waals surface area contributed by atoms with E-state index in [0.29, 0.717) is 6.04 Å². The van der Waals surface area contributed by atoms with Gasteiger partial charge in [0, 0.05) is 18.2 Å². The first-order chi connectivity index (χ1) is 11.2. The van der Waals surface area contributed by atoms with Crippen LogP contribution in [0.1, 0.15) is 35.6 Å². The zero-order valence-corrected chi connectivity index (χ0v) is 14.2. The van der Waals surface area contributed by atoms with E-state index in [9.17, 15) is 0 Å². The molecule has 1 atom stereocenters. The number of likely N-dealkylation sites (tertiary alicyclic amines) is 1. The third-order valence-corrected chi connectivity index (χ3v) is 4.67. The Morgan fingerprint density at radius 1 is 1.04 bits per heavy atom. The molecule has 1 aliphatic rings. The molecule has 3 nitrogen and oxygen atoms in total. The summed E-state index contributed by atoms with van der Waals surface area (Å²) >= 11 is 0. The number of rotatable bonds is 5. The largest absolute Gasteiger partial charge is 0.497 e. The van der Waals surface area contributed by atoms with Gasteiger partial charge in [0.05, 0.1) is 14.2 Å². The Morgan fingerprint density at radius 3 is 2.52 bits per heavy atom. The Morgan fingerprint density at radius 2 is 1.83 bits per heavy atom. The summed E-state index contributed by atoms with van der Waals surface area (Å²) in [6, 6.07) is 15.3. The second-order valence-corrected chi connectivity index (χ2v) is 6.22. The van der Waals surface area contributed by atoms with E-state index in [0.717, 1.165) is 31.0 Å². The van der Waals surface area contributed by atoms with Crippen molar-refractivity contribution >= 4 is 0 Å². The van der Waals surface area contributed by atoms with Crippen LogP contribution in [0.15, 0.2) is 42.5 Å². The van der Waals surface area contributed by atoms with Gasteiger partial charge in [0.15, 0.2) is 0 Å². The first kappa shape index (κ1) is 15.9. The molecule has 0 N–H and O–H groups in total. The lowest BCUT2D eigenvalue weighted by Gasteiger charge is -2.26. The number of methoxy groups -OCH3 is 2. The summed E-state index contributed by atoms with van der Waals surface area (Å²) in [5.41, 5.74) is 3.90. The van der Waals surface area contributed by atoms with E-state index in [1.807, 2.05) is 12.1 Å². The molecular formula is C20H25NO2. The Balaban J connectivity index is 1.85. The van der Waals surface area contributed by atoms with Gasteiger partial charge in [-0.1, -0.05) is 29.8 Å². The molecule has 122 valence electrons. The van der Waals surface area contributed by atoms with Crippen LogP contribution in [0, 0.1) is 6.92 Å². The number of ether oxygens (including phenoxy) is 2. The van der Waals surface area contributed by atoms with Gasteiger partial charge < -0.3 is 9.47 Å². The summed E-state index contributed by atoms with van der Waals surface area (Å²) in [7, 11) is 3.45. The fourth-order valence-corrected chi connectivity index (χ4v) is 3.40. The molecule has 0 spiro atoms. The lowest BCUT2D eigenvalue weighted by molar-refractivity contribution is 0.242. The Labute approximate surface area is 138 Å². The van der Waals surface area contributed by atoms with Crippen LogP contribution in [-0.4, -0.2) is 25.7 Å². The number of aryl methyl sites for hydroxylation is 1. The lowest BCUT2D eigenvalue weighted by Crippen LogP contribution is -2.23. The quantitative estimate of drug-likeness (QED) is 0.819. The van der Waals surface area contributed by atoms with Gasteiger partial charge in [-0.2, -0.15) is 0 Å². The van der Waals surface area contributed by atoms with Crippen LogP contribution in [0.25, 0.3) is 0 Å². The second kappa shape index (κ2) is 7.05. The molecule has 0 aliphatic carbocycles. The van der Waals surface area contributed by atoms with Gasteiger partial charge in [-0.25, -0.2) is 0 Å². The Bertz CT molecular complexity index is 651. The lowest BCUT2D eigenvalue weighted by atomic mass is 10.0. The van der Waals surface area contributed by atoms with Crippen LogP contribution in [0.3, 0.4) is 0 Å². The molecule has 1 heterocycles. The van der Waals surface area contributed by atoms with E-state index >= 15 is 0 Å². The van der Waals surface area contributed by atoms with E-state index in [-0.39, 0.29) is 0 Å². The van der Waals surface area contributed by atoms with Crippen molar-refractivity contribution in [2.45, 2.75) is 32.4 Å². The SMILES string of the molecule is COc1ccc(OC)c(C2CCCN2Cc2ccc(C)cc2)c1. The molecule has 2 aromatic carbocycles. The second-order valence-electron chi connectivity index (χ2n) is 6.22. The van der Waals surface area contributed by atoms with Crippen molar-refractivity contribution in [2.24, 2.45) is 0 Å². The summed E-state index contributed by atoms with van der Waals surface area (Å²) in [5.74, 6) is 1.84. The van der Waals surface area contributed by atoms with Crippen molar-refractivity contribution in [1.29, 1.82) is 0 Å². The van der Waals surface area contributed by atoms with E-state index in [4.69, 9.17) is 9.47 Å². The minimum atomic E-state index is 0.390. The predicted molar refractivity (Wildman–Crippen MR) is 93.1 cm³/mol. The summed E-state index contributed by atoms with van der Waals surface area (Å²) in [6.45, 7) is 4.23. The molecule has 1 aliphatic heterocycles. The third-order valence-electron chi connectivity index (χ3n) is 4.67. The van der Waals surface area contributed by atoms with Crippen molar-refractivity contribution in [2.75, 3.05) is 20.8 Å². The zero-order valence-electron chi connectivity index (χ0n) is 14.2. The van der Waals surface area contributed by atoms with Gasteiger partial charge in [0.2, 0.25) is 0 Å². The summed E-state index contributed by atoms with van der Waals surface area (Å²) in [5, 5.41) is 0. The molecular weight excluding hydrogens is 286 g/mol. The standard InChI is InChI=1S/C20H25NO2/c1-15-6-8-16(9-7-15)14-21-12-4-5-19(21)18-13-17(22-2)10-11-20(18)23-3/h6-11,13,19H,4-5,12,14H2,1-3H3. The Kier molecular flexibility index (Phi) is 4.87. The molecule has 0 saturated carbocycles. The molecule has 3 rings (SSSR count). The third kappa shape index (κ3) is 3.50. The molecule has 0 bridgehead atoms. The summed E-state index contributed by atoms with van der Waals surface area (Å²) in [4.78, 5) is 2.54. The maximum absolute atomic E-state index is 5.59. The molecule has 2 aromatic rings. The molecule has 0 aromatic heterocycles. The molecule has 1 unspecified atom stereocenters. The number of hydrogen-bond acceptors (Lipinski definition) is 3. The predicted octanol–water partition coefficient (Wildman–Crippen LogP) is 4.35. The van der Waals surface area contributed by atoms with E-state index in [1.54, 1.807) is 14.2 Å². The highest BCUT2D eigenvalue weighted by molar-refractivity contribution is 5.42. The van der Waals surface area contributed by atoms with Gasteiger partial charge in [-0.3, -0.25) is 4.90 Å². The van der Waals surface area contributed by atoms with E-state index in [2.05, 4.69) is 42.2 Å². The number of benzene rings is 2. The van der Waals surface area contributed by atoms with Crippen molar-refractivity contribution < 1.29 is 9.47 Å². The maximum atomic E-state index is 5.59. The average molecular weight is 311 g/mol. The van der Waals surface area contributed by atoms with Crippen molar-refractivity contribution in [3.05, 3.63) is 59.2 Å². The molecule has 3 heteroatoms. The van der Waals surface area contributed by atoms with Crippen LogP contribution in [-0.2, 0) is 6.54 Å². The zero-order chi connectivity index (χ0) is 16.2. The molecule has 0 amide bonds. The molecule has 1 fully saturated rings. The summed E-state index contributed by atoms with van der Waals surface area (Å²) in [6.07, 6.45) is 2.38. The topological polar surface area (TPSA) is 21.7 Å². The first-order valence-corrected chi connectivity index (χ1v) is 8.23. The van der Waals surface area contributed by atoms with Crippen LogP contribution < -0.4 is 9.47 Å². The number of nitrogens with zero attached hydrogens (tertiary/aromatic N) is 1. The van der Waals surface area contributed by atoms with Crippen LogP contribution in [0.5, 0.6) is 11.5 Å². The minimum Gasteiger partial charge on any atom is -0.497 e. The molecule has 1 saturated heterocycles. The van der Waals surface area contributed by atoms with Crippen molar-refractivity contribution in [1.82, 2.24) is 4.90 Å². The normalized spacial score (nSPS) is 18.1. The molecule has 23 heavy (non-hydrogen) atoms. The minimum absolute atomic E-state index is 0.390. The van der Waals surface area contributed by atoms with Crippen LogP contribution >= 0.6 is 0 Å². The highest BCUT2D eigenvalue weighted by Gasteiger charge is 2.28. The van der Waals surface area contributed by atoms with Gasteiger partial charge >= 0.3 is 0 Å². The summed E-state index contributed by atoms with van der Waals surface area (Å²) < 4.78 is 11.0. The monoisotopic (exact) mass is 311 g/mol. The van der Waals surface area contributed by atoms with Crippen molar-refractivity contribution in [3.8, 4) is 11.5 Å². The van der Waals surface area contributed by atoms with Gasteiger partial charge in [-0.05, 0) is 50.1 Å². The smallest absolute Gasteiger partial charge is 0.123 e.